The fourth-order valence-corrected chi connectivity index (χ4v) is 5.03. The van der Waals surface area contributed by atoms with Crippen molar-refractivity contribution in [3.63, 3.8) is 0 Å². The van der Waals surface area contributed by atoms with Crippen LogP contribution in [0.3, 0.4) is 0 Å². The molecule has 1 atom stereocenters. The molecule has 2 aromatic carbocycles. The Morgan fingerprint density at radius 3 is 2.48 bits per heavy atom. The summed E-state index contributed by atoms with van der Waals surface area (Å²) in [5.41, 5.74) is 1.62. The van der Waals surface area contributed by atoms with Crippen LogP contribution < -0.4 is 4.90 Å². The molecule has 0 aliphatic carbocycles. The molecule has 1 fully saturated rings. The second kappa shape index (κ2) is 8.20. The van der Waals surface area contributed by atoms with E-state index in [0.29, 0.717) is 29.4 Å². The first-order valence-electron chi connectivity index (χ1n) is 10.3. The fourth-order valence-electron chi connectivity index (χ4n) is 4.04. The van der Waals surface area contributed by atoms with Crippen molar-refractivity contribution in [1.29, 1.82) is 0 Å². The highest BCUT2D eigenvalue weighted by Crippen LogP contribution is 2.30. The van der Waals surface area contributed by atoms with Crippen molar-refractivity contribution in [1.82, 2.24) is 9.88 Å². The minimum absolute atomic E-state index is 0.0322. The molecular formula is C23H21N3O4S. The van der Waals surface area contributed by atoms with E-state index in [1.807, 2.05) is 24.3 Å². The Morgan fingerprint density at radius 1 is 1.10 bits per heavy atom. The molecule has 0 spiro atoms. The highest BCUT2D eigenvalue weighted by molar-refractivity contribution is 7.22. The zero-order valence-electron chi connectivity index (χ0n) is 16.8. The van der Waals surface area contributed by atoms with Crippen LogP contribution in [-0.2, 0) is 9.53 Å². The van der Waals surface area contributed by atoms with Crippen LogP contribution in [0.5, 0.6) is 0 Å². The number of carbonyl (C=O) groups excluding carboxylic acids is 3. The highest BCUT2D eigenvalue weighted by Gasteiger charge is 2.36. The number of benzene rings is 2. The minimum atomic E-state index is -0.348. The summed E-state index contributed by atoms with van der Waals surface area (Å²) in [4.78, 5) is 45.9. The average molecular weight is 436 g/mol. The number of nitrogens with zero attached hydrogens (tertiary/aromatic N) is 3. The molecule has 8 heteroatoms. The van der Waals surface area contributed by atoms with Crippen LogP contribution in [0.1, 0.15) is 40.0 Å². The Kier molecular flexibility index (Phi) is 5.25. The monoisotopic (exact) mass is 435 g/mol. The lowest BCUT2D eigenvalue weighted by atomic mass is 10.1. The molecular weight excluding hydrogens is 414 g/mol. The number of thiazole rings is 1. The van der Waals surface area contributed by atoms with Crippen LogP contribution in [-0.4, -0.2) is 53.4 Å². The predicted octanol–water partition coefficient (Wildman–Crippen LogP) is 3.49. The summed E-state index contributed by atoms with van der Waals surface area (Å²) >= 11 is 1.46. The third-order valence-corrected chi connectivity index (χ3v) is 6.71. The van der Waals surface area contributed by atoms with Gasteiger partial charge in [0.05, 0.1) is 34.0 Å². The summed E-state index contributed by atoms with van der Waals surface area (Å²) in [5, 5.41) is 0.615. The SMILES string of the molecule is O=C1c2ccccc2C(=O)N1CCC(=O)N(C[C@H]1CCCO1)c1nc2ccccc2s1. The largest absolute Gasteiger partial charge is 0.376 e. The number of imide groups is 1. The van der Waals surface area contributed by atoms with E-state index in [1.54, 1.807) is 29.2 Å². The lowest BCUT2D eigenvalue weighted by Gasteiger charge is -2.24. The molecule has 0 bridgehead atoms. The summed E-state index contributed by atoms with van der Waals surface area (Å²) in [7, 11) is 0. The summed E-state index contributed by atoms with van der Waals surface area (Å²) < 4.78 is 6.75. The molecule has 158 valence electrons. The first-order chi connectivity index (χ1) is 15.1. The van der Waals surface area contributed by atoms with E-state index in [0.717, 1.165) is 28.0 Å². The van der Waals surface area contributed by atoms with E-state index in [1.165, 1.54) is 11.3 Å². The zero-order chi connectivity index (χ0) is 21.4. The van der Waals surface area contributed by atoms with Crippen LogP contribution in [0, 0.1) is 0 Å². The van der Waals surface area contributed by atoms with E-state index < -0.39 is 0 Å². The highest BCUT2D eigenvalue weighted by atomic mass is 32.1. The van der Waals surface area contributed by atoms with E-state index in [4.69, 9.17) is 4.74 Å². The molecule has 5 rings (SSSR count). The third kappa shape index (κ3) is 3.73. The maximum absolute atomic E-state index is 13.2. The Labute approximate surface area is 183 Å². The Hall–Kier alpha value is -3.10. The minimum Gasteiger partial charge on any atom is -0.376 e. The van der Waals surface area contributed by atoms with Gasteiger partial charge in [-0.2, -0.15) is 0 Å². The first-order valence-corrected chi connectivity index (χ1v) is 11.2. The standard InChI is InChI=1S/C23H21N3O4S/c27-20(11-12-25-21(28)16-7-1-2-8-17(16)22(25)29)26(14-15-6-5-13-30-15)23-24-18-9-3-4-10-19(18)31-23/h1-4,7-10,15H,5-6,11-14H2/t15-/m1/s1. The number of ether oxygens (including phenoxy) is 1. The van der Waals surface area contributed by atoms with Crippen molar-refractivity contribution in [2.45, 2.75) is 25.4 Å². The van der Waals surface area contributed by atoms with Gasteiger partial charge in [-0.3, -0.25) is 24.2 Å². The predicted molar refractivity (Wildman–Crippen MR) is 117 cm³/mol. The first kappa shape index (κ1) is 19.8. The van der Waals surface area contributed by atoms with Gasteiger partial charge in [-0.05, 0) is 37.1 Å². The van der Waals surface area contributed by atoms with Gasteiger partial charge in [-0.1, -0.05) is 35.6 Å². The number of carbonyl (C=O) groups is 3. The molecule has 1 aromatic heterocycles. The molecule has 7 nitrogen and oxygen atoms in total. The van der Waals surface area contributed by atoms with Gasteiger partial charge in [-0.25, -0.2) is 4.98 Å². The van der Waals surface area contributed by atoms with Crippen molar-refractivity contribution >= 4 is 44.4 Å². The summed E-state index contributed by atoms with van der Waals surface area (Å²) in [6.07, 6.45) is 1.87. The number of aromatic nitrogens is 1. The maximum atomic E-state index is 13.2. The zero-order valence-corrected chi connectivity index (χ0v) is 17.6. The van der Waals surface area contributed by atoms with Crippen LogP contribution in [0.2, 0.25) is 0 Å². The number of fused-ring (bicyclic) bond motifs is 2. The number of amides is 3. The van der Waals surface area contributed by atoms with Crippen molar-refractivity contribution in [2.24, 2.45) is 0 Å². The van der Waals surface area contributed by atoms with Gasteiger partial charge in [-0.15, -0.1) is 0 Å². The van der Waals surface area contributed by atoms with Crippen LogP contribution in [0.15, 0.2) is 48.5 Å². The van der Waals surface area contributed by atoms with Gasteiger partial charge in [0.25, 0.3) is 11.8 Å². The molecule has 0 radical (unpaired) electrons. The van der Waals surface area contributed by atoms with Gasteiger partial charge in [0.15, 0.2) is 5.13 Å². The number of rotatable bonds is 6. The molecule has 2 aliphatic heterocycles. The smallest absolute Gasteiger partial charge is 0.261 e. The summed E-state index contributed by atoms with van der Waals surface area (Å²) in [6.45, 7) is 1.15. The molecule has 0 unspecified atom stereocenters. The van der Waals surface area contributed by atoms with Gasteiger partial charge in [0.2, 0.25) is 5.91 Å². The van der Waals surface area contributed by atoms with Crippen LogP contribution in [0.25, 0.3) is 10.2 Å². The normalized spacial score (nSPS) is 18.1. The molecule has 0 N–H and O–H groups in total. The number of hydrogen-bond donors (Lipinski definition) is 0. The molecule has 3 aromatic rings. The summed E-state index contributed by atoms with van der Waals surface area (Å²) in [5.74, 6) is -0.871. The Morgan fingerprint density at radius 2 is 1.81 bits per heavy atom. The number of anilines is 1. The third-order valence-electron chi connectivity index (χ3n) is 5.65. The van der Waals surface area contributed by atoms with Crippen molar-refractivity contribution in [3.05, 3.63) is 59.7 Å². The molecule has 0 saturated carbocycles. The van der Waals surface area contributed by atoms with Gasteiger partial charge in [0, 0.05) is 19.6 Å². The van der Waals surface area contributed by atoms with Crippen LogP contribution >= 0.6 is 11.3 Å². The van der Waals surface area contributed by atoms with Crippen molar-refractivity contribution in [2.75, 3.05) is 24.6 Å². The van der Waals surface area contributed by atoms with Crippen molar-refractivity contribution < 1.29 is 19.1 Å². The van der Waals surface area contributed by atoms with E-state index in [2.05, 4.69) is 4.98 Å². The van der Waals surface area contributed by atoms with Gasteiger partial charge < -0.3 is 4.74 Å². The lowest BCUT2D eigenvalue weighted by Crippen LogP contribution is -2.40. The fraction of sp³-hybridized carbons (Fsp3) is 0.304. The summed E-state index contributed by atoms with van der Waals surface area (Å²) in [6, 6.07) is 14.5. The second-order valence-corrected chi connectivity index (χ2v) is 8.67. The van der Waals surface area contributed by atoms with Crippen LogP contribution in [0.4, 0.5) is 5.13 Å². The van der Waals surface area contributed by atoms with E-state index >= 15 is 0 Å². The molecule has 3 amide bonds. The second-order valence-electron chi connectivity index (χ2n) is 7.66. The Balaban J connectivity index is 1.35. The number of para-hydroxylation sites is 1. The van der Waals surface area contributed by atoms with Crippen molar-refractivity contribution in [3.8, 4) is 0 Å². The average Bonchev–Trinajstić information content (AvgIpc) is 3.50. The Bertz CT molecular complexity index is 1100. The quantitative estimate of drug-likeness (QED) is 0.554. The molecule has 31 heavy (non-hydrogen) atoms. The van der Waals surface area contributed by atoms with E-state index in [9.17, 15) is 14.4 Å². The number of hydrogen-bond acceptors (Lipinski definition) is 6. The topological polar surface area (TPSA) is 79.8 Å². The maximum Gasteiger partial charge on any atom is 0.261 e. The molecule has 3 heterocycles. The van der Waals surface area contributed by atoms with Gasteiger partial charge in [0.1, 0.15) is 0 Å². The molecule has 1 saturated heterocycles. The van der Waals surface area contributed by atoms with E-state index in [-0.39, 0.29) is 36.8 Å². The lowest BCUT2D eigenvalue weighted by molar-refractivity contribution is -0.119. The van der Waals surface area contributed by atoms with Gasteiger partial charge >= 0.3 is 0 Å². The molecule has 2 aliphatic rings.